The molecule has 0 nitrogen and oxygen atoms in total. The lowest BCUT2D eigenvalue weighted by atomic mass is 10.1. The van der Waals surface area contributed by atoms with Crippen molar-refractivity contribution >= 4 is 11.6 Å². The van der Waals surface area contributed by atoms with E-state index in [0.29, 0.717) is 5.56 Å². The van der Waals surface area contributed by atoms with Gasteiger partial charge in [0.25, 0.3) is 6.43 Å². The van der Waals surface area contributed by atoms with Crippen LogP contribution in [0.5, 0.6) is 0 Å². The molecule has 0 bridgehead atoms. The molecule has 11 heavy (non-hydrogen) atoms. The Bertz CT molecular complexity index is 211. The van der Waals surface area contributed by atoms with Crippen molar-refractivity contribution in [3.63, 3.8) is 0 Å². The summed E-state index contributed by atoms with van der Waals surface area (Å²) in [7, 11) is 0. The second kappa shape index (κ2) is 3.67. The van der Waals surface area contributed by atoms with Gasteiger partial charge in [0.15, 0.2) is 0 Å². The van der Waals surface area contributed by atoms with Crippen molar-refractivity contribution in [1.29, 1.82) is 0 Å². The van der Waals surface area contributed by atoms with Gasteiger partial charge in [-0.2, -0.15) is 0 Å². The van der Waals surface area contributed by atoms with Crippen molar-refractivity contribution in [2.45, 2.75) is 11.8 Å². The maximum atomic E-state index is 12.0. The Balaban J connectivity index is 2.77. The largest absolute Gasteiger partial charge is 0.258 e. The minimum Gasteiger partial charge on any atom is -0.208 e. The average molecular weight is 177 g/mol. The molecule has 60 valence electrons. The first-order valence-electron chi connectivity index (χ1n) is 3.19. The van der Waals surface area contributed by atoms with Gasteiger partial charge in [-0.15, -0.1) is 11.6 Å². The van der Waals surface area contributed by atoms with Gasteiger partial charge in [0, 0.05) is 0 Å². The Labute approximate surface area is 68.8 Å². The van der Waals surface area contributed by atoms with Crippen LogP contribution in [0.15, 0.2) is 30.3 Å². The van der Waals surface area contributed by atoms with E-state index in [9.17, 15) is 8.78 Å². The monoisotopic (exact) mass is 176 g/mol. The maximum Gasteiger partial charge on any atom is 0.258 e. The summed E-state index contributed by atoms with van der Waals surface area (Å²) in [4.78, 5) is 0. The van der Waals surface area contributed by atoms with Crippen molar-refractivity contribution in [2.75, 3.05) is 0 Å². The van der Waals surface area contributed by atoms with Crippen LogP contribution in [0.2, 0.25) is 0 Å². The Morgan fingerprint density at radius 3 is 2.09 bits per heavy atom. The minimum absolute atomic E-state index is 0.462. The molecule has 0 N–H and O–H groups in total. The third kappa shape index (κ3) is 2.15. The summed E-state index contributed by atoms with van der Waals surface area (Å²) in [6, 6.07) is 8.31. The fourth-order valence-corrected chi connectivity index (χ4v) is 0.928. The molecular formula is C8H7ClF2. The summed E-state index contributed by atoms with van der Waals surface area (Å²) < 4.78 is 24.0. The lowest BCUT2D eigenvalue weighted by molar-refractivity contribution is 0.143. The molecule has 0 fully saturated rings. The van der Waals surface area contributed by atoms with E-state index in [1.807, 2.05) is 0 Å². The first kappa shape index (κ1) is 8.47. The zero-order valence-corrected chi connectivity index (χ0v) is 6.43. The van der Waals surface area contributed by atoms with Crippen molar-refractivity contribution in [2.24, 2.45) is 0 Å². The van der Waals surface area contributed by atoms with Crippen LogP contribution in [0.4, 0.5) is 8.78 Å². The molecule has 0 amide bonds. The van der Waals surface area contributed by atoms with Crippen LogP contribution in [0.25, 0.3) is 0 Å². The third-order valence-electron chi connectivity index (χ3n) is 1.34. The quantitative estimate of drug-likeness (QED) is 0.607. The van der Waals surface area contributed by atoms with Crippen LogP contribution in [-0.4, -0.2) is 6.43 Å². The van der Waals surface area contributed by atoms with E-state index >= 15 is 0 Å². The van der Waals surface area contributed by atoms with Crippen LogP contribution >= 0.6 is 11.6 Å². The summed E-state index contributed by atoms with van der Waals surface area (Å²) in [5.74, 6) is 0. The van der Waals surface area contributed by atoms with Crippen LogP contribution in [0.3, 0.4) is 0 Å². The lowest BCUT2D eigenvalue weighted by Gasteiger charge is -2.06. The standard InChI is InChI=1S/C8H7ClF2/c9-7(8(10)11)6-4-2-1-3-5-6/h1-5,7-8H. The van der Waals surface area contributed by atoms with Gasteiger partial charge >= 0.3 is 0 Å². The second-order valence-electron chi connectivity index (χ2n) is 2.15. The molecular weight excluding hydrogens is 170 g/mol. The van der Waals surface area contributed by atoms with Gasteiger partial charge in [-0.25, -0.2) is 8.78 Å². The molecule has 0 saturated heterocycles. The molecule has 3 heteroatoms. The van der Waals surface area contributed by atoms with E-state index < -0.39 is 11.8 Å². The second-order valence-corrected chi connectivity index (χ2v) is 2.62. The van der Waals surface area contributed by atoms with Gasteiger partial charge in [-0.05, 0) is 5.56 Å². The Morgan fingerprint density at radius 2 is 1.64 bits per heavy atom. The highest BCUT2D eigenvalue weighted by molar-refractivity contribution is 6.21. The smallest absolute Gasteiger partial charge is 0.208 e. The number of hydrogen-bond donors (Lipinski definition) is 0. The summed E-state index contributed by atoms with van der Waals surface area (Å²) >= 11 is 5.39. The van der Waals surface area contributed by atoms with Crippen molar-refractivity contribution in [3.8, 4) is 0 Å². The average Bonchev–Trinajstić information content (AvgIpc) is 2.05. The molecule has 1 aromatic carbocycles. The first-order valence-corrected chi connectivity index (χ1v) is 3.62. The highest BCUT2D eigenvalue weighted by Gasteiger charge is 2.18. The molecule has 0 aliphatic carbocycles. The topological polar surface area (TPSA) is 0 Å². The Morgan fingerprint density at radius 1 is 1.09 bits per heavy atom. The molecule has 0 aromatic heterocycles. The molecule has 0 spiro atoms. The normalized spacial score (nSPS) is 13.5. The van der Waals surface area contributed by atoms with Gasteiger partial charge in [0.1, 0.15) is 5.38 Å². The van der Waals surface area contributed by atoms with Gasteiger partial charge in [0.05, 0.1) is 0 Å². The molecule has 0 aliphatic heterocycles. The molecule has 0 aliphatic rings. The zero-order chi connectivity index (χ0) is 8.27. The van der Waals surface area contributed by atoms with Gasteiger partial charge in [0.2, 0.25) is 0 Å². The Hall–Kier alpha value is -0.630. The third-order valence-corrected chi connectivity index (χ3v) is 1.78. The van der Waals surface area contributed by atoms with E-state index in [-0.39, 0.29) is 0 Å². The van der Waals surface area contributed by atoms with Crippen LogP contribution < -0.4 is 0 Å². The molecule has 1 atom stereocenters. The van der Waals surface area contributed by atoms with Crippen LogP contribution in [0.1, 0.15) is 10.9 Å². The number of benzene rings is 1. The molecule has 1 rings (SSSR count). The van der Waals surface area contributed by atoms with E-state index in [0.717, 1.165) is 0 Å². The van der Waals surface area contributed by atoms with Crippen LogP contribution in [0, 0.1) is 0 Å². The summed E-state index contributed by atoms with van der Waals surface area (Å²) in [6.07, 6.45) is -2.50. The summed E-state index contributed by atoms with van der Waals surface area (Å²) in [6.45, 7) is 0. The molecule has 0 heterocycles. The summed E-state index contributed by atoms with van der Waals surface area (Å²) in [5, 5.41) is -1.18. The highest BCUT2D eigenvalue weighted by atomic mass is 35.5. The predicted molar refractivity (Wildman–Crippen MR) is 41.0 cm³/mol. The van der Waals surface area contributed by atoms with Crippen molar-refractivity contribution in [3.05, 3.63) is 35.9 Å². The molecule has 0 saturated carbocycles. The Kier molecular flexibility index (Phi) is 2.83. The number of rotatable bonds is 2. The van der Waals surface area contributed by atoms with E-state index in [1.165, 1.54) is 0 Å². The lowest BCUT2D eigenvalue weighted by Crippen LogP contribution is -2.00. The first-order chi connectivity index (χ1) is 5.22. The van der Waals surface area contributed by atoms with E-state index in [1.54, 1.807) is 30.3 Å². The SMILES string of the molecule is FC(F)C(Cl)c1ccccc1. The molecule has 0 radical (unpaired) electrons. The predicted octanol–water partition coefficient (Wildman–Crippen LogP) is 3.23. The fraction of sp³-hybridized carbons (Fsp3) is 0.250. The number of alkyl halides is 3. The van der Waals surface area contributed by atoms with Crippen LogP contribution in [-0.2, 0) is 0 Å². The van der Waals surface area contributed by atoms with Gasteiger partial charge in [-0.3, -0.25) is 0 Å². The van der Waals surface area contributed by atoms with Gasteiger partial charge in [-0.1, -0.05) is 30.3 Å². The maximum absolute atomic E-state index is 12.0. The molecule has 1 unspecified atom stereocenters. The van der Waals surface area contributed by atoms with Crippen molar-refractivity contribution < 1.29 is 8.78 Å². The fourth-order valence-electron chi connectivity index (χ4n) is 0.782. The zero-order valence-electron chi connectivity index (χ0n) is 5.68. The molecule has 1 aromatic rings. The minimum atomic E-state index is -2.50. The number of hydrogen-bond acceptors (Lipinski definition) is 0. The van der Waals surface area contributed by atoms with E-state index in [2.05, 4.69) is 0 Å². The number of halogens is 3. The highest BCUT2D eigenvalue weighted by Crippen LogP contribution is 2.26. The van der Waals surface area contributed by atoms with E-state index in [4.69, 9.17) is 11.6 Å². The van der Waals surface area contributed by atoms with Gasteiger partial charge < -0.3 is 0 Å². The summed E-state index contributed by atoms with van der Waals surface area (Å²) in [5.41, 5.74) is 0.462. The van der Waals surface area contributed by atoms with Crippen molar-refractivity contribution in [1.82, 2.24) is 0 Å².